The average Bonchev–Trinajstić information content (AvgIpc) is 2.84. The van der Waals surface area contributed by atoms with Crippen molar-refractivity contribution in [2.24, 2.45) is 0 Å². The summed E-state index contributed by atoms with van der Waals surface area (Å²) < 4.78 is 12.2. The van der Waals surface area contributed by atoms with E-state index in [-0.39, 0.29) is 22.3 Å². The average molecular weight is 538 g/mol. The Morgan fingerprint density at radius 3 is 2.22 bits per heavy atom. The molecule has 0 aliphatic carbocycles. The molecule has 0 aliphatic rings. The molecule has 3 aromatic carbocycles. The lowest BCUT2D eigenvalue weighted by Crippen LogP contribution is -2.31. The molecule has 0 aliphatic heterocycles. The number of amides is 1. The second kappa shape index (κ2) is 10.2. The molecular formula is C30H29Cl2NO4. The van der Waals surface area contributed by atoms with Gasteiger partial charge < -0.3 is 14.5 Å². The third kappa shape index (κ3) is 5.68. The Balaban J connectivity index is 1.77. The number of hydrogen-bond acceptors (Lipinski definition) is 4. The molecule has 1 aromatic heterocycles. The maximum atomic E-state index is 13.6. The summed E-state index contributed by atoms with van der Waals surface area (Å²) in [6, 6.07) is 16.3. The fourth-order valence-corrected chi connectivity index (χ4v) is 4.21. The van der Waals surface area contributed by atoms with Crippen LogP contribution in [0.2, 0.25) is 10.0 Å². The first-order chi connectivity index (χ1) is 17.3. The molecule has 1 heterocycles. The van der Waals surface area contributed by atoms with E-state index in [0.29, 0.717) is 26.9 Å². The Bertz CT molecular complexity index is 1550. The van der Waals surface area contributed by atoms with Crippen LogP contribution in [0.4, 0.5) is 5.69 Å². The number of carbonyl (C=O) groups is 1. The van der Waals surface area contributed by atoms with Gasteiger partial charge in [0.1, 0.15) is 5.58 Å². The van der Waals surface area contributed by atoms with Gasteiger partial charge in [-0.2, -0.15) is 0 Å². The summed E-state index contributed by atoms with van der Waals surface area (Å²) >= 11 is 12.5. The molecule has 0 bridgehead atoms. The van der Waals surface area contributed by atoms with Crippen molar-refractivity contribution >= 4 is 45.8 Å². The molecule has 1 unspecified atom stereocenters. The Labute approximate surface area is 226 Å². The molecule has 37 heavy (non-hydrogen) atoms. The molecule has 0 spiro atoms. The van der Waals surface area contributed by atoms with E-state index in [4.69, 9.17) is 32.4 Å². The lowest BCUT2D eigenvalue weighted by atomic mass is 9.86. The zero-order chi connectivity index (χ0) is 27.1. The molecular weight excluding hydrogens is 509 g/mol. The van der Waals surface area contributed by atoms with E-state index in [2.05, 4.69) is 26.1 Å². The van der Waals surface area contributed by atoms with Gasteiger partial charge in [0.2, 0.25) is 11.2 Å². The first kappa shape index (κ1) is 26.8. The topological polar surface area (TPSA) is 68.5 Å². The van der Waals surface area contributed by atoms with Crippen LogP contribution in [0.1, 0.15) is 44.4 Å². The largest absolute Gasteiger partial charge is 0.473 e. The monoisotopic (exact) mass is 537 g/mol. The number of fused-ring (bicyclic) bond motifs is 1. The number of ether oxygens (including phenoxy) is 1. The standard InChI is InChI=1S/C30H29Cl2NO4/c1-16-7-12-21(14-23(16)31)33-29(35)18(3)36-28-26(34)22-15-24(32)17(2)13-25(22)37-27(28)19-8-10-20(11-9-19)30(4,5)6/h7-15,18H,1-6H3,(H,33,35). The normalized spacial score (nSPS) is 12.4. The quantitative estimate of drug-likeness (QED) is 0.279. The maximum absolute atomic E-state index is 13.6. The lowest BCUT2D eigenvalue weighted by molar-refractivity contribution is -0.122. The lowest BCUT2D eigenvalue weighted by Gasteiger charge is -2.20. The molecule has 192 valence electrons. The van der Waals surface area contributed by atoms with Crippen molar-refractivity contribution in [3.63, 3.8) is 0 Å². The van der Waals surface area contributed by atoms with Crippen molar-refractivity contribution < 1.29 is 13.9 Å². The summed E-state index contributed by atoms with van der Waals surface area (Å²) in [5.74, 6) is -0.242. The van der Waals surface area contributed by atoms with Crippen LogP contribution in [-0.2, 0) is 10.2 Å². The number of hydrogen-bond donors (Lipinski definition) is 1. The van der Waals surface area contributed by atoms with Gasteiger partial charge in [0.15, 0.2) is 11.9 Å². The van der Waals surface area contributed by atoms with Crippen LogP contribution in [0, 0.1) is 13.8 Å². The zero-order valence-corrected chi connectivity index (χ0v) is 23.2. The molecule has 1 amide bonds. The van der Waals surface area contributed by atoms with Crippen LogP contribution in [0.15, 0.2) is 63.8 Å². The molecule has 4 aromatic rings. The van der Waals surface area contributed by atoms with E-state index in [1.807, 2.05) is 44.2 Å². The summed E-state index contributed by atoms with van der Waals surface area (Å²) in [5, 5.41) is 4.04. The van der Waals surface area contributed by atoms with Crippen LogP contribution in [0.3, 0.4) is 0 Å². The van der Waals surface area contributed by atoms with Crippen LogP contribution in [-0.4, -0.2) is 12.0 Å². The van der Waals surface area contributed by atoms with Crippen molar-refractivity contribution in [2.45, 2.75) is 53.1 Å². The van der Waals surface area contributed by atoms with Crippen LogP contribution in [0.5, 0.6) is 5.75 Å². The van der Waals surface area contributed by atoms with Gasteiger partial charge in [0, 0.05) is 21.3 Å². The highest BCUT2D eigenvalue weighted by atomic mass is 35.5. The number of aryl methyl sites for hydroxylation is 2. The van der Waals surface area contributed by atoms with Crippen molar-refractivity contribution in [3.05, 3.63) is 91.6 Å². The second-order valence-corrected chi connectivity index (χ2v) is 11.0. The number of rotatable bonds is 5. The van der Waals surface area contributed by atoms with E-state index >= 15 is 0 Å². The first-order valence-corrected chi connectivity index (χ1v) is 12.7. The Kier molecular flexibility index (Phi) is 7.40. The number of carbonyl (C=O) groups excluding carboxylic acids is 1. The predicted octanol–water partition coefficient (Wildman–Crippen LogP) is 8.09. The van der Waals surface area contributed by atoms with Gasteiger partial charge in [-0.3, -0.25) is 9.59 Å². The number of nitrogens with one attached hydrogen (secondary N) is 1. The molecule has 0 saturated heterocycles. The van der Waals surface area contributed by atoms with Gasteiger partial charge in [0.05, 0.1) is 5.39 Å². The van der Waals surface area contributed by atoms with Crippen LogP contribution in [0.25, 0.3) is 22.3 Å². The van der Waals surface area contributed by atoms with E-state index in [9.17, 15) is 9.59 Å². The maximum Gasteiger partial charge on any atom is 0.265 e. The Morgan fingerprint density at radius 2 is 1.59 bits per heavy atom. The summed E-state index contributed by atoms with van der Waals surface area (Å²) in [5.41, 5.74) is 3.94. The van der Waals surface area contributed by atoms with Gasteiger partial charge in [-0.15, -0.1) is 0 Å². The second-order valence-electron chi connectivity index (χ2n) is 10.2. The summed E-state index contributed by atoms with van der Waals surface area (Å²) in [7, 11) is 0. The number of anilines is 1. The van der Waals surface area contributed by atoms with Gasteiger partial charge in [-0.05, 0) is 67.1 Å². The minimum atomic E-state index is -1.01. The summed E-state index contributed by atoms with van der Waals surface area (Å²) in [4.78, 5) is 26.6. The zero-order valence-electron chi connectivity index (χ0n) is 21.7. The number of benzene rings is 3. The number of halogens is 2. The molecule has 5 nitrogen and oxygen atoms in total. The SMILES string of the molecule is Cc1ccc(NC(=O)C(C)Oc2c(-c3ccc(C(C)(C)C)cc3)oc3cc(C)c(Cl)cc3c2=O)cc1Cl. The van der Waals surface area contributed by atoms with Crippen LogP contribution < -0.4 is 15.5 Å². The third-order valence-corrected chi connectivity index (χ3v) is 7.06. The summed E-state index contributed by atoms with van der Waals surface area (Å²) in [6.45, 7) is 11.7. The predicted molar refractivity (Wildman–Crippen MR) is 151 cm³/mol. The third-order valence-electron chi connectivity index (χ3n) is 6.25. The van der Waals surface area contributed by atoms with E-state index in [1.54, 1.807) is 31.2 Å². The highest BCUT2D eigenvalue weighted by Crippen LogP contribution is 2.34. The van der Waals surface area contributed by atoms with Gasteiger partial charge >= 0.3 is 0 Å². The van der Waals surface area contributed by atoms with Gasteiger partial charge in [0.25, 0.3) is 5.91 Å². The Morgan fingerprint density at radius 1 is 0.946 bits per heavy atom. The highest BCUT2D eigenvalue weighted by Gasteiger charge is 2.24. The minimum absolute atomic E-state index is 0.0403. The fourth-order valence-electron chi connectivity index (χ4n) is 3.86. The Hall–Kier alpha value is -3.28. The highest BCUT2D eigenvalue weighted by molar-refractivity contribution is 6.32. The van der Waals surface area contributed by atoms with Crippen molar-refractivity contribution in [1.82, 2.24) is 0 Å². The van der Waals surface area contributed by atoms with E-state index < -0.39 is 17.4 Å². The van der Waals surface area contributed by atoms with E-state index in [1.165, 1.54) is 0 Å². The minimum Gasteiger partial charge on any atom is -0.473 e. The molecule has 1 atom stereocenters. The molecule has 0 fully saturated rings. The van der Waals surface area contributed by atoms with Crippen molar-refractivity contribution in [2.75, 3.05) is 5.32 Å². The van der Waals surface area contributed by atoms with Crippen LogP contribution >= 0.6 is 23.2 Å². The smallest absolute Gasteiger partial charge is 0.265 e. The first-order valence-electron chi connectivity index (χ1n) is 12.0. The summed E-state index contributed by atoms with van der Waals surface area (Å²) in [6.07, 6.45) is -1.01. The van der Waals surface area contributed by atoms with Crippen molar-refractivity contribution in [3.8, 4) is 17.1 Å². The van der Waals surface area contributed by atoms with E-state index in [0.717, 1.165) is 16.7 Å². The molecule has 0 radical (unpaired) electrons. The molecule has 1 N–H and O–H groups in total. The van der Waals surface area contributed by atoms with Gasteiger partial charge in [-0.1, -0.05) is 74.3 Å². The van der Waals surface area contributed by atoms with Crippen molar-refractivity contribution in [1.29, 1.82) is 0 Å². The van der Waals surface area contributed by atoms with Gasteiger partial charge in [-0.25, -0.2) is 0 Å². The molecule has 0 saturated carbocycles. The fraction of sp³-hybridized carbons (Fsp3) is 0.267. The molecule has 4 rings (SSSR count). The molecule has 7 heteroatoms.